The molecule has 96 valence electrons. The van der Waals surface area contributed by atoms with Crippen molar-refractivity contribution in [2.24, 2.45) is 0 Å². The lowest BCUT2D eigenvalue weighted by Gasteiger charge is -2.16. The molecule has 3 nitrogen and oxygen atoms in total. The van der Waals surface area contributed by atoms with Crippen LogP contribution in [0.1, 0.15) is 36.6 Å². The highest BCUT2D eigenvalue weighted by Crippen LogP contribution is 2.22. The van der Waals surface area contributed by atoms with Crippen molar-refractivity contribution in [3.05, 3.63) is 47.3 Å². The number of aromatic nitrogens is 2. The first kappa shape index (κ1) is 12.7. The molecule has 0 bridgehead atoms. The van der Waals surface area contributed by atoms with E-state index in [9.17, 15) is 0 Å². The van der Waals surface area contributed by atoms with Crippen LogP contribution in [0.5, 0.6) is 0 Å². The molecular formula is C15H21N3. The van der Waals surface area contributed by atoms with Crippen LogP contribution < -0.4 is 5.32 Å². The number of benzene rings is 1. The Morgan fingerprint density at radius 3 is 2.78 bits per heavy atom. The number of hydrogen-bond donors (Lipinski definition) is 1. The number of anilines is 1. The quantitative estimate of drug-likeness (QED) is 0.887. The van der Waals surface area contributed by atoms with E-state index < -0.39 is 0 Å². The molecule has 1 aromatic carbocycles. The Morgan fingerprint density at radius 2 is 2.11 bits per heavy atom. The molecule has 1 unspecified atom stereocenters. The first-order valence-electron chi connectivity index (χ1n) is 6.46. The molecular weight excluding hydrogens is 222 g/mol. The molecule has 1 heterocycles. The molecule has 0 radical (unpaired) electrons. The van der Waals surface area contributed by atoms with E-state index in [1.54, 1.807) is 0 Å². The van der Waals surface area contributed by atoms with E-state index in [4.69, 9.17) is 0 Å². The lowest BCUT2D eigenvalue weighted by Crippen LogP contribution is -2.07. The van der Waals surface area contributed by atoms with Crippen molar-refractivity contribution < 1.29 is 0 Å². The number of nitrogens with zero attached hydrogens (tertiary/aromatic N) is 2. The van der Waals surface area contributed by atoms with Gasteiger partial charge in [-0.15, -0.1) is 0 Å². The summed E-state index contributed by atoms with van der Waals surface area (Å²) in [5.74, 6) is 0. The van der Waals surface area contributed by atoms with Crippen molar-refractivity contribution in [2.75, 3.05) is 5.32 Å². The highest BCUT2D eigenvalue weighted by atomic mass is 15.3. The molecule has 3 heteroatoms. The smallest absolute Gasteiger partial charge is 0.0542 e. The van der Waals surface area contributed by atoms with Gasteiger partial charge in [0.15, 0.2) is 0 Å². The van der Waals surface area contributed by atoms with Crippen LogP contribution in [0.2, 0.25) is 0 Å². The lowest BCUT2D eigenvalue weighted by atomic mass is 10.1. The van der Waals surface area contributed by atoms with Gasteiger partial charge < -0.3 is 5.32 Å². The summed E-state index contributed by atoms with van der Waals surface area (Å²) in [6.07, 6.45) is 4.04. The van der Waals surface area contributed by atoms with Gasteiger partial charge in [0.25, 0.3) is 0 Å². The van der Waals surface area contributed by atoms with Gasteiger partial charge in [0.1, 0.15) is 0 Å². The summed E-state index contributed by atoms with van der Waals surface area (Å²) >= 11 is 0. The van der Waals surface area contributed by atoms with Gasteiger partial charge in [0.2, 0.25) is 0 Å². The zero-order chi connectivity index (χ0) is 13.1. The highest BCUT2D eigenvalue weighted by Gasteiger charge is 2.09. The average molecular weight is 243 g/mol. The summed E-state index contributed by atoms with van der Waals surface area (Å²) in [6, 6.07) is 6.75. The Labute approximate surface area is 109 Å². The van der Waals surface area contributed by atoms with Crippen molar-refractivity contribution in [3.63, 3.8) is 0 Å². The summed E-state index contributed by atoms with van der Waals surface area (Å²) in [4.78, 5) is 0. The largest absolute Gasteiger partial charge is 0.378 e. The van der Waals surface area contributed by atoms with Gasteiger partial charge in [-0.25, -0.2) is 0 Å². The predicted molar refractivity (Wildman–Crippen MR) is 75.9 cm³/mol. The molecule has 0 fully saturated rings. The van der Waals surface area contributed by atoms with Crippen molar-refractivity contribution >= 4 is 5.69 Å². The second kappa shape index (κ2) is 5.25. The van der Waals surface area contributed by atoms with Gasteiger partial charge >= 0.3 is 0 Å². The van der Waals surface area contributed by atoms with Crippen LogP contribution in [-0.4, -0.2) is 9.78 Å². The maximum atomic E-state index is 4.31. The first-order valence-corrected chi connectivity index (χ1v) is 6.46. The summed E-state index contributed by atoms with van der Waals surface area (Å²) in [7, 11) is 0. The molecule has 0 amide bonds. The van der Waals surface area contributed by atoms with Gasteiger partial charge in [-0.05, 0) is 44.9 Å². The second-order valence-electron chi connectivity index (χ2n) is 4.81. The SMILES string of the molecule is CCn1cc(C(C)Nc2cc(C)ccc2C)cn1. The van der Waals surface area contributed by atoms with E-state index in [0.717, 1.165) is 6.54 Å². The first-order chi connectivity index (χ1) is 8.60. The molecule has 0 aliphatic carbocycles. The fourth-order valence-corrected chi connectivity index (χ4v) is 1.98. The molecule has 0 spiro atoms. The second-order valence-corrected chi connectivity index (χ2v) is 4.81. The average Bonchev–Trinajstić information content (AvgIpc) is 2.82. The number of nitrogens with one attached hydrogen (secondary N) is 1. The maximum absolute atomic E-state index is 4.31. The van der Waals surface area contributed by atoms with E-state index in [-0.39, 0.29) is 6.04 Å². The molecule has 2 rings (SSSR count). The molecule has 0 aliphatic rings. The van der Waals surface area contributed by atoms with E-state index >= 15 is 0 Å². The molecule has 0 saturated heterocycles. The predicted octanol–water partition coefficient (Wildman–Crippen LogP) is 3.69. The minimum absolute atomic E-state index is 0.269. The zero-order valence-corrected chi connectivity index (χ0v) is 11.6. The minimum Gasteiger partial charge on any atom is -0.378 e. The summed E-state index contributed by atoms with van der Waals surface area (Å²) in [5, 5.41) is 7.87. The van der Waals surface area contributed by atoms with Crippen LogP contribution >= 0.6 is 0 Å². The van der Waals surface area contributed by atoms with E-state index in [2.05, 4.69) is 62.5 Å². The Bertz CT molecular complexity index is 528. The third kappa shape index (κ3) is 2.73. The molecule has 1 atom stereocenters. The van der Waals surface area contributed by atoms with Crippen molar-refractivity contribution in [2.45, 2.75) is 40.3 Å². The Morgan fingerprint density at radius 1 is 1.33 bits per heavy atom. The third-order valence-electron chi connectivity index (χ3n) is 3.24. The molecule has 0 aliphatic heterocycles. The van der Waals surface area contributed by atoms with E-state index in [1.807, 2.05) is 10.9 Å². The van der Waals surface area contributed by atoms with Gasteiger partial charge in [-0.3, -0.25) is 4.68 Å². The van der Waals surface area contributed by atoms with E-state index in [0.29, 0.717) is 0 Å². The van der Waals surface area contributed by atoms with Gasteiger partial charge in [-0.2, -0.15) is 5.10 Å². The van der Waals surface area contributed by atoms with Crippen LogP contribution in [0, 0.1) is 13.8 Å². The number of hydrogen-bond acceptors (Lipinski definition) is 2. The third-order valence-corrected chi connectivity index (χ3v) is 3.24. The molecule has 1 N–H and O–H groups in total. The van der Waals surface area contributed by atoms with Crippen LogP contribution in [-0.2, 0) is 6.54 Å². The maximum Gasteiger partial charge on any atom is 0.0542 e. The summed E-state index contributed by atoms with van der Waals surface area (Å²) < 4.78 is 1.95. The number of aryl methyl sites for hydroxylation is 3. The van der Waals surface area contributed by atoms with Crippen LogP contribution in [0.25, 0.3) is 0 Å². The molecule has 2 aromatic rings. The van der Waals surface area contributed by atoms with Crippen LogP contribution in [0.3, 0.4) is 0 Å². The Hall–Kier alpha value is -1.77. The highest BCUT2D eigenvalue weighted by molar-refractivity contribution is 5.53. The molecule has 0 saturated carbocycles. The summed E-state index contributed by atoms with van der Waals surface area (Å²) in [6.45, 7) is 9.42. The van der Waals surface area contributed by atoms with E-state index in [1.165, 1.54) is 22.4 Å². The fourth-order valence-electron chi connectivity index (χ4n) is 1.98. The normalized spacial score (nSPS) is 12.4. The van der Waals surface area contributed by atoms with Gasteiger partial charge in [-0.1, -0.05) is 12.1 Å². The standard InChI is InChI=1S/C15H21N3/c1-5-18-10-14(9-16-18)13(4)17-15-8-11(2)6-7-12(15)3/h6-10,13,17H,5H2,1-4H3. The lowest BCUT2D eigenvalue weighted by molar-refractivity contribution is 0.658. The summed E-state index contributed by atoms with van der Waals surface area (Å²) in [5.41, 5.74) is 4.97. The van der Waals surface area contributed by atoms with Crippen molar-refractivity contribution in [1.82, 2.24) is 9.78 Å². The topological polar surface area (TPSA) is 29.9 Å². The number of rotatable bonds is 4. The monoisotopic (exact) mass is 243 g/mol. The van der Waals surface area contributed by atoms with Crippen molar-refractivity contribution in [1.29, 1.82) is 0 Å². The Balaban J connectivity index is 2.15. The van der Waals surface area contributed by atoms with Crippen molar-refractivity contribution in [3.8, 4) is 0 Å². The van der Waals surface area contributed by atoms with Gasteiger partial charge in [0.05, 0.1) is 12.2 Å². The Kier molecular flexibility index (Phi) is 3.70. The fraction of sp³-hybridized carbons (Fsp3) is 0.400. The van der Waals surface area contributed by atoms with Crippen LogP contribution in [0.15, 0.2) is 30.6 Å². The molecule has 18 heavy (non-hydrogen) atoms. The van der Waals surface area contributed by atoms with Gasteiger partial charge in [0, 0.05) is 24.0 Å². The minimum atomic E-state index is 0.269. The zero-order valence-electron chi connectivity index (χ0n) is 11.6. The van der Waals surface area contributed by atoms with Crippen LogP contribution in [0.4, 0.5) is 5.69 Å². The molecule has 1 aromatic heterocycles.